The van der Waals surface area contributed by atoms with E-state index in [1.165, 1.54) is 11.3 Å². The van der Waals surface area contributed by atoms with Crippen molar-refractivity contribution in [2.45, 2.75) is 12.3 Å². The largest absolute Gasteiger partial charge is 0.294 e. The molecule has 3 nitrogen and oxygen atoms in total. The lowest BCUT2D eigenvalue weighted by molar-refractivity contribution is 0.0971. The maximum absolute atomic E-state index is 12.3. The Hall–Kier alpha value is -2.43. The second-order valence-corrected chi connectivity index (χ2v) is 5.33. The third-order valence-electron chi connectivity index (χ3n) is 3.09. The molecule has 0 amide bonds. The minimum absolute atomic E-state index is 0.0421. The molecular weight excluding hydrogens is 268 g/mol. The van der Waals surface area contributed by atoms with Gasteiger partial charge in [0.05, 0.1) is 12.1 Å². The summed E-state index contributed by atoms with van der Waals surface area (Å²) in [6.45, 7) is 0. The molecule has 0 aliphatic carbocycles. The standard InChI is InChI=1S/C16H12N2OS/c17-10-13(11-18)14(16-7-4-8-20-16)9-15(19)12-5-2-1-3-6-12/h1-8,13-14H,9H2/t14-/m1/s1. The summed E-state index contributed by atoms with van der Waals surface area (Å²) in [5.74, 6) is -1.21. The summed E-state index contributed by atoms with van der Waals surface area (Å²) in [4.78, 5) is 13.2. The molecule has 98 valence electrons. The fraction of sp³-hybridized carbons (Fsp3) is 0.188. The fourth-order valence-electron chi connectivity index (χ4n) is 2.04. The van der Waals surface area contributed by atoms with Gasteiger partial charge in [-0.3, -0.25) is 4.79 Å². The zero-order chi connectivity index (χ0) is 14.4. The van der Waals surface area contributed by atoms with Crippen LogP contribution in [0.3, 0.4) is 0 Å². The van der Waals surface area contributed by atoms with Gasteiger partial charge < -0.3 is 0 Å². The number of ketones is 1. The van der Waals surface area contributed by atoms with E-state index in [1.807, 2.05) is 35.7 Å². The zero-order valence-corrected chi connectivity index (χ0v) is 11.5. The van der Waals surface area contributed by atoms with E-state index in [4.69, 9.17) is 10.5 Å². The Balaban J connectivity index is 2.24. The molecule has 1 aromatic carbocycles. The zero-order valence-electron chi connectivity index (χ0n) is 10.7. The highest BCUT2D eigenvalue weighted by Crippen LogP contribution is 2.32. The first-order valence-corrected chi connectivity index (χ1v) is 7.05. The molecule has 4 heteroatoms. The summed E-state index contributed by atoms with van der Waals surface area (Å²) in [5, 5.41) is 20.1. The van der Waals surface area contributed by atoms with Crippen molar-refractivity contribution in [1.29, 1.82) is 10.5 Å². The summed E-state index contributed by atoms with van der Waals surface area (Å²) in [5.41, 5.74) is 0.615. The van der Waals surface area contributed by atoms with E-state index in [0.29, 0.717) is 5.56 Å². The maximum Gasteiger partial charge on any atom is 0.163 e. The van der Waals surface area contributed by atoms with Crippen LogP contribution in [0.15, 0.2) is 47.8 Å². The monoisotopic (exact) mass is 280 g/mol. The van der Waals surface area contributed by atoms with Crippen LogP contribution in [0.25, 0.3) is 0 Å². The molecule has 0 fully saturated rings. The van der Waals surface area contributed by atoms with Crippen LogP contribution in [-0.2, 0) is 0 Å². The summed E-state index contributed by atoms with van der Waals surface area (Å²) >= 11 is 1.47. The Labute approximate surface area is 121 Å². The third-order valence-corrected chi connectivity index (χ3v) is 4.09. The normalized spacial score (nSPS) is 11.6. The van der Waals surface area contributed by atoms with Crippen LogP contribution in [0.4, 0.5) is 0 Å². The smallest absolute Gasteiger partial charge is 0.163 e. The molecule has 1 atom stereocenters. The second-order valence-electron chi connectivity index (χ2n) is 4.35. The van der Waals surface area contributed by atoms with Crippen LogP contribution >= 0.6 is 11.3 Å². The topological polar surface area (TPSA) is 64.7 Å². The Morgan fingerprint density at radius 1 is 1.10 bits per heavy atom. The molecule has 0 saturated heterocycles. The van der Waals surface area contributed by atoms with Crippen LogP contribution in [0.5, 0.6) is 0 Å². The molecule has 0 N–H and O–H groups in total. The summed E-state index contributed by atoms with van der Waals surface area (Å²) < 4.78 is 0. The lowest BCUT2D eigenvalue weighted by Gasteiger charge is -2.15. The van der Waals surface area contributed by atoms with Crippen LogP contribution in [0.1, 0.15) is 27.6 Å². The molecule has 0 unspecified atom stereocenters. The quantitative estimate of drug-likeness (QED) is 0.783. The van der Waals surface area contributed by atoms with Gasteiger partial charge in [-0.15, -0.1) is 11.3 Å². The Morgan fingerprint density at radius 2 is 1.80 bits per heavy atom. The first kappa shape index (κ1) is 14.0. The highest BCUT2D eigenvalue weighted by Gasteiger charge is 2.26. The lowest BCUT2D eigenvalue weighted by Crippen LogP contribution is -2.14. The van der Waals surface area contributed by atoms with Crippen LogP contribution in [0.2, 0.25) is 0 Å². The second kappa shape index (κ2) is 6.65. The van der Waals surface area contributed by atoms with Gasteiger partial charge in [0.1, 0.15) is 5.92 Å². The van der Waals surface area contributed by atoms with Crippen molar-refractivity contribution in [3.05, 3.63) is 58.3 Å². The van der Waals surface area contributed by atoms with E-state index in [-0.39, 0.29) is 18.1 Å². The number of nitrogens with zero attached hydrogens (tertiary/aromatic N) is 2. The van der Waals surface area contributed by atoms with Crippen molar-refractivity contribution in [3.8, 4) is 12.1 Å². The van der Waals surface area contributed by atoms with Crippen LogP contribution < -0.4 is 0 Å². The van der Waals surface area contributed by atoms with Crippen molar-refractivity contribution in [1.82, 2.24) is 0 Å². The maximum atomic E-state index is 12.3. The van der Waals surface area contributed by atoms with E-state index in [0.717, 1.165) is 4.88 Å². The number of rotatable bonds is 5. The molecule has 0 saturated carbocycles. The first-order valence-electron chi connectivity index (χ1n) is 6.17. The van der Waals surface area contributed by atoms with Gasteiger partial charge >= 0.3 is 0 Å². The summed E-state index contributed by atoms with van der Waals surface area (Å²) in [7, 11) is 0. The van der Waals surface area contributed by atoms with E-state index in [2.05, 4.69) is 0 Å². The van der Waals surface area contributed by atoms with Crippen molar-refractivity contribution < 1.29 is 4.79 Å². The molecule has 20 heavy (non-hydrogen) atoms. The van der Waals surface area contributed by atoms with Crippen LogP contribution in [-0.4, -0.2) is 5.78 Å². The first-order chi connectivity index (χ1) is 9.76. The molecule has 0 radical (unpaired) electrons. The number of nitriles is 2. The molecule has 0 aliphatic heterocycles. The molecule has 0 spiro atoms. The lowest BCUT2D eigenvalue weighted by atomic mass is 9.87. The number of hydrogen-bond acceptors (Lipinski definition) is 4. The van der Waals surface area contributed by atoms with Gasteiger partial charge in [-0.05, 0) is 11.4 Å². The van der Waals surface area contributed by atoms with Gasteiger partial charge in [0.2, 0.25) is 0 Å². The molecule has 1 aromatic heterocycles. The van der Waals surface area contributed by atoms with Crippen molar-refractivity contribution in [2.75, 3.05) is 0 Å². The number of thiophene rings is 1. The Kier molecular flexibility index (Phi) is 4.65. The van der Waals surface area contributed by atoms with Crippen molar-refractivity contribution in [3.63, 3.8) is 0 Å². The molecular formula is C16H12N2OS. The number of carbonyl (C=O) groups excluding carboxylic acids is 1. The summed E-state index contributed by atoms with van der Waals surface area (Å²) in [6.07, 6.45) is 0.177. The third kappa shape index (κ3) is 3.12. The van der Waals surface area contributed by atoms with Crippen molar-refractivity contribution in [2.24, 2.45) is 5.92 Å². The molecule has 1 heterocycles. The fourth-order valence-corrected chi connectivity index (χ4v) is 2.90. The van der Waals surface area contributed by atoms with Crippen molar-refractivity contribution >= 4 is 17.1 Å². The van der Waals surface area contributed by atoms with Gasteiger partial charge in [0.15, 0.2) is 5.78 Å². The van der Waals surface area contributed by atoms with Gasteiger partial charge in [0.25, 0.3) is 0 Å². The number of Topliss-reactive ketones (excluding diaryl/α,β-unsaturated/α-hetero) is 1. The van der Waals surface area contributed by atoms with E-state index in [9.17, 15) is 4.79 Å². The van der Waals surface area contributed by atoms with Gasteiger partial charge in [-0.1, -0.05) is 36.4 Å². The van der Waals surface area contributed by atoms with Crippen LogP contribution in [0, 0.1) is 28.6 Å². The summed E-state index contributed by atoms with van der Waals surface area (Å²) in [6, 6.07) is 16.7. The molecule has 0 aliphatic rings. The van der Waals surface area contributed by atoms with E-state index >= 15 is 0 Å². The highest BCUT2D eigenvalue weighted by molar-refractivity contribution is 7.10. The predicted molar refractivity (Wildman–Crippen MR) is 77.2 cm³/mol. The number of hydrogen-bond donors (Lipinski definition) is 0. The average Bonchev–Trinajstić information content (AvgIpc) is 3.02. The number of benzene rings is 1. The average molecular weight is 280 g/mol. The minimum Gasteiger partial charge on any atom is -0.294 e. The van der Waals surface area contributed by atoms with Gasteiger partial charge in [-0.2, -0.15) is 10.5 Å². The van der Waals surface area contributed by atoms with E-state index < -0.39 is 5.92 Å². The Morgan fingerprint density at radius 3 is 2.35 bits per heavy atom. The highest BCUT2D eigenvalue weighted by atomic mass is 32.1. The Bertz CT molecular complexity index is 636. The van der Waals surface area contributed by atoms with Gasteiger partial charge in [0, 0.05) is 22.8 Å². The predicted octanol–water partition coefficient (Wildman–Crippen LogP) is 3.77. The molecule has 2 aromatic rings. The molecule has 2 rings (SSSR count). The van der Waals surface area contributed by atoms with E-state index in [1.54, 1.807) is 24.3 Å². The molecule has 0 bridgehead atoms. The SMILES string of the molecule is N#CC(C#N)[C@@H](CC(=O)c1ccccc1)c1cccs1. The number of carbonyl (C=O) groups is 1. The minimum atomic E-state index is -0.804. The van der Waals surface area contributed by atoms with Gasteiger partial charge in [-0.25, -0.2) is 0 Å².